The molecular weight excluding hydrogens is 376 g/mol. The third-order valence-corrected chi connectivity index (χ3v) is 9.77. The Balaban J connectivity index is 1.92. The molecule has 10 atom stereocenters. The van der Waals surface area contributed by atoms with Crippen molar-refractivity contribution in [3.8, 4) is 0 Å². The van der Waals surface area contributed by atoms with Crippen LogP contribution in [-0.2, 0) is 9.53 Å². The second-order valence-electron chi connectivity index (χ2n) is 11.3. The molecule has 0 amide bonds. The Hall–Kier alpha value is -0.730. The standard InChI is InChI=1S/C22H36O7/c1-18(2)14(23)8-13-20(4,27)12-7-6-11-16(17(25)29-5)21(12,10-19(11,3)26)9-15(24)22(13,18)28/h11-16,23-24,26-28H,6-10H2,1-5H3/t11-,12+,13+,14+,15-,16+,19-,20-,21+,22+/m1/s1. The molecule has 4 rings (SSSR count). The van der Waals surface area contributed by atoms with Gasteiger partial charge in [0.1, 0.15) is 5.60 Å². The lowest BCUT2D eigenvalue weighted by molar-refractivity contribution is -0.200. The van der Waals surface area contributed by atoms with Crippen molar-refractivity contribution in [2.24, 2.45) is 34.5 Å². The molecule has 2 bridgehead atoms. The highest BCUT2D eigenvalue weighted by Crippen LogP contribution is 2.71. The van der Waals surface area contributed by atoms with E-state index >= 15 is 0 Å². The van der Waals surface area contributed by atoms with Crippen molar-refractivity contribution >= 4 is 5.97 Å². The number of carbonyl (C=O) groups is 1. The number of rotatable bonds is 1. The second-order valence-corrected chi connectivity index (χ2v) is 11.3. The molecule has 4 aliphatic carbocycles. The Bertz CT molecular complexity index is 716. The molecule has 0 saturated heterocycles. The summed E-state index contributed by atoms with van der Waals surface area (Å²) in [5.74, 6) is -2.57. The average Bonchev–Trinajstić information content (AvgIpc) is 2.86. The van der Waals surface area contributed by atoms with Crippen molar-refractivity contribution in [2.45, 2.75) is 88.8 Å². The van der Waals surface area contributed by atoms with Gasteiger partial charge < -0.3 is 30.3 Å². The SMILES string of the molecule is COC(=O)[C@@H]1[C@H]2CC[C@H]3[C@@](C)(O)[C@@H]4C[C@H](O)C(C)(C)[C@@]4(O)[C@H](O)C[C@@]13C[C@@]2(C)O. The summed E-state index contributed by atoms with van der Waals surface area (Å²) >= 11 is 0. The summed E-state index contributed by atoms with van der Waals surface area (Å²) in [4.78, 5) is 12.9. The van der Waals surface area contributed by atoms with Crippen LogP contribution in [0, 0.1) is 34.5 Å². The van der Waals surface area contributed by atoms with Crippen LogP contribution in [0.15, 0.2) is 0 Å². The number of methoxy groups -OCH3 is 1. The van der Waals surface area contributed by atoms with E-state index in [1.807, 2.05) is 0 Å². The lowest BCUT2D eigenvalue weighted by atomic mass is 9.54. The van der Waals surface area contributed by atoms with E-state index in [4.69, 9.17) is 4.74 Å². The normalized spacial score (nSPS) is 58.3. The molecule has 4 saturated carbocycles. The minimum atomic E-state index is -1.72. The molecule has 0 aromatic carbocycles. The van der Waals surface area contributed by atoms with Crippen molar-refractivity contribution in [1.29, 1.82) is 0 Å². The van der Waals surface area contributed by atoms with E-state index in [-0.39, 0.29) is 25.2 Å². The van der Waals surface area contributed by atoms with Crippen LogP contribution in [0.2, 0.25) is 0 Å². The Morgan fingerprint density at radius 1 is 0.966 bits per heavy atom. The largest absolute Gasteiger partial charge is 0.469 e. The van der Waals surface area contributed by atoms with Gasteiger partial charge in [0.25, 0.3) is 0 Å². The Kier molecular flexibility index (Phi) is 4.41. The molecular formula is C22H36O7. The Labute approximate surface area is 172 Å². The van der Waals surface area contributed by atoms with Crippen LogP contribution >= 0.6 is 0 Å². The van der Waals surface area contributed by atoms with E-state index in [0.29, 0.717) is 12.8 Å². The first-order valence-corrected chi connectivity index (χ1v) is 10.8. The van der Waals surface area contributed by atoms with Gasteiger partial charge in [-0.2, -0.15) is 0 Å². The first-order chi connectivity index (χ1) is 13.2. The molecule has 4 fully saturated rings. The zero-order valence-electron chi connectivity index (χ0n) is 18.1. The lowest BCUT2D eigenvalue weighted by Crippen LogP contribution is -2.60. The fraction of sp³-hybridized carbons (Fsp3) is 0.955. The van der Waals surface area contributed by atoms with Crippen LogP contribution in [0.5, 0.6) is 0 Å². The Morgan fingerprint density at radius 2 is 1.59 bits per heavy atom. The van der Waals surface area contributed by atoms with Crippen molar-refractivity contribution in [3.63, 3.8) is 0 Å². The van der Waals surface area contributed by atoms with E-state index in [1.54, 1.807) is 27.7 Å². The van der Waals surface area contributed by atoms with Gasteiger partial charge in [0, 0.05) is 17.3 Å². The van der Waals surface area contributed by atoms with Gasteiger partial charge in [0.05, 0.1) is 36.4 Å². The monoisotopic (exact) mass is 412 g/mol. The van der Waals surface area contributed by atoms with Gasteiger partial charge in [-0.1, -0.05) is 13.8 Å². The number of aliphatic hydroxyl groups is 5. The zero-order chi connectivity index (χ0) is 21.8. The van der Waals surface area contributed by atoms with Gasteiger partial charge in [0.15, 0.2) is 0 Å². The summed E-state index contributed by atoms with van der Waals surface area (Å²) < 4.78 is 5.11. The minimum Gasteiger partial charge on any atom is -0.469 e. The molecule has 5 N–H and O–H groups in total. The summed E-state index contributed by atoms with van der Waals surface area (Å²) in [7, 11) is 1.32. The van der Waals surface area contributed by atoms with Crippen LogP contribution in [0.4, 0.5) is 0 Å². The molecule has 0 aromatic heterocycles. The summed E-state index contributed by atoms with van der Waals surface area (Å²) in [5.41, 5.74) is -6.19. The fourth-order valence-corrected chi connectivity index (χ4v) is 8.38. The highest BCUT2D eigenvalue weighted by molar-refractivity contribution is 5.75. The maximum absolute atomic E-state index is 12.9. The van der Waals surface area contributed by atoms with Crippen LogP contribution in [0.1, 0.15) is 59.8 Å². The maximum atomic E-state index is 12.9. The van der Waals surface area contributed by atoms with Crippen molar-refractivity contribution < 1.29 is 35.1 Å². The van der Waals surface area contributed by atoms with E-state index in [0.717, 1.165) is 0 Å². The number of esters is 1. The number of hydrogen-bond donors (Lipinski definition) is 5. The third-order valence-electron chi connectivity index (χ3n) is 9.77. The topological polar surface area (TPSA) is 127 Å². The molecule has 0 radical (unpaired) electrons. The molecule has 4 aliphatic rings. The van der Waals surface area contributed by atoms with Gasteiger partial charge in [-0.25, -0.2) is 0 Å². The van der Waals surface area contributed by atoms with Gasteiger partial charge >= 0.3 is 5.97 Å². The van der Waals surface area contributed by atoms with Gasteiger partial charge in [-0.3, -0.25) is 4.79 Å². The second kappa shape index (κ2) is 5.94. The van der Waals surface area contributed by atoms with E-state index < -0.39 is 63.6 Å². The molecule has 29 heavy (non-hydrogen) atoms. The first kappa shape index (κ1) is 21.5. The van der Waals surface area contributed by atoms with E-state index in [9.17, 15) is 30.3 Å². The number of hydrogen-bond acceptors (Lipinski definition) is 7. The molecule has 7 heteroatoms. The van der Waals surface area contributed by atoms with Gasteiger partial charge in [0.2, 0.25) is 0 Å². The van der Waals surface area contributed by atoms with Crippen LogP contribution in [-0.4, -0.2) is 67.6 Å². The predicted octanol–water partition coefficient (Wildman–Crippen LogP) is 0.597. The molecule has 0 aromatic rings. The van der Waals surface area contributed by atoms with Crippen molar-refractivity contribution in [1.82, 2.24) is 0 Å². The Morgan fingerprint density at radius 3 is 2.17 bits per heavy atom. The zero-order valence-corrected chi connectivity index (χ0v) is 18.1. The first-order valence-electron chi connectivity index (χ1n) is 10.8. The van der Waals surface area contributed by atoms with Gasteiger partial charge in [-0.05, 0) is 57.3 Å². The summed E-state index contributed by atoms with van der Waals surface area (Å²) in [6, 6.07) is 0. The smallest absolute Gasteiger partial charge is 0.309 e. The van der Waals surface area contributed by atoms with Crippen molar-refractivity contribution in [2.75, 3.05) is 7.11 Å². The number of fused-ring (bicyclic) bond motifs is 2. The molecule has 1 spiro atoms. The quantitative estimate of drug-likeness (QED) is 0.399. The summed E-state index contributed by atoms with van der Waals surface area (Å²) in [5, 5.41) is 57.0. The highest BCUT2D eigenvalue weighted by atomic mass is 16.5. The molecule has 0 heterocycles. The number of carbonyl (C=O) groups excluding carboxylic acids is 1. The molecule has 0 unspecified atom stereocenters. The predicted molar refractivity (Wildman–Crippen MR) is 103 cm³/mol. The number of ether oxygens (including phenoxy) is 1. The fourth-order valence-electron chi connectivity index (χ4n) is 8.38. The summed E-state index contributed by atoms with van der Waals surface area (Å²) in [6.45, 7) is 6.83. The lowest BCUT2D eigenvalue weighted by Gasteiger charge is -2.51. The number of aliphatic hydroxyl groups excluding tert-OH is 2. The highest BCUT2D eigenvalue weighted by Gasteiger charge is 2.77. The van der Waals surface area contributed by atoms with Crippen LogP contribution < -0.4 is 0 Å². The van der Waals surface area contributed by atoms with E-state index in [1.165, 1.54) is 7.11 Å². The van der Waals surface area contributed by atoms with Gasteiger partial charge in [-0.15, -0.1) is 0 Å². The minimum absolute atomic E-state index is 0.0728. The molecule has 7 nitrogen and oxygen atoms in total. The van der Waals surface area contributed by atoms with Crippen molar-refractivity contribution in [3.05, 3.63) is 0 Å². The van der Waals surface area contributed by atoms with Crippen LogP contribution in [0.3, 0.4) is 0 Å². The molecule has 166 valence electrons. The molecule has 0 aliphatic heterocycles. The average molecular weight is 413 g/mol. The maximum Gasteiger partial charge on any atom is 0.309 e. The third kappa shape index (κ3) is 2.34. The van der Waals surface area contributed by atoms with E-state index in [2.05, 4.69) is 0 Å². The summed E-state index contributed by atoms with van der Waals surface area (Å²) in [6.07, 6.45) is -0.483. The van der Waals surface area contributed by atoms with Crippen LogP contribution in [0.25, 0.3) is 0 Å².